The summed E-state index contributed by atoms with van der Waals surface area (Å²) in [5, 5.41) is 9.13. The lowest BCUT2D eigenvalue weighted by atomic mass is 9.99. The van der Waals surface area contributed by atoms with Crippen LogP contribution in [0.2, 0.25) is 0 Å². The molecule has 0 aliphatic carbocycles. The van der Waals surface area contributed by atoms with Crippen molar-refractivity contribution in [3.05, 3.63) is 35.9 Å². The Balaban J connectivity index is 2.25. The number of amides is 1. The summed E-state index contributed by atoms with van der Waals surface area (Å²) in [6, 6.07) is 12.2. The van der Waals surface area contributed by atoms with Crippen LogP contribution in [-0.4, -0.2) is 42.4 Å². The van der Waals surface area contributed by atoms with Gasteiger partial charge in [0.1, 0.15) is 5.92 Å². The lowest BCUT2D eigenvalue weighted by molar-refractivity contribution is -0.138. The van der Waals surface area contributed by atoms with Crippen molar-refractivity contribution in [2.45, 2.75) is 19.4 Å². The Morgan fingerprint density at radius 1 is 1.40 bits per heavy atom. The molecule has 1 aliphatic rings. The second-order valence-electron chi connectivity index (χ2n) is 5.31. The van der Waals surface area contributed by atoms with Crippen LogP contribution in [0.1, 0.15) is 24.9 Å². The first-order valence-corrected chi connectivity index (χ1v) is 7.11. The van der Waals surface area contributed by atoms with Gasteiger partial charge in [0.2, 0.25) is 5.91 Å². The average molecular weight is 271 g/mol. The maximum absolute atomic E-state index is 12.5. The Hall–Kier alpha value is -1.86. The minimum absolute atomic E-state index is 0.0306. The van der Waals surface area contributed by atoms with Crippen LogP contribution in [0.25, 0.3) is 0 Å². The molecule has 2 unspecified atom stereocenters. The van der Waals surface area contributed by atoms with E-state index in [9.17, 15) is 4.79 Å². The van der Waals surface area contributed by atoms with E-state index in [1.165, 1.54) is 0 Å². The molecule has 1 heterocycles. The predicted molar refractivity (Wildman–Crippen MR) is 77.8 cm³/mol. The highest BCUT2D eigenvalue weighted by molar-refractivity contribution is 5.81. The number of hydrogen-bond donors (Lipinski definition) is 0. The molecule has 1 aromatic rings. The molecule has 1 aromatic carbocycles. The first-order chi connectivity index (χ1) is 9.67. The lowest BCUT2D eigenvalue weighted by Crippen LogP contribution is -2.50. The molecule has 4 heteroatoms. The Kier molecular flexibility index (Phi) is 4.75. The molecule has 20 heavy (non-hydrogen) atoms. The highest BCUT2D eigenvalue weighted by atomic mass is 16.2. The molecule has 1 amide bonds. The molecule has 0 radical (unpaired) electrons. The first kappa shape index (κ1) is 14.5. The zero-order valence-electron chi connectivity index (χ0n) is 12.1. The van der Waals surface area contributed by atoms with Gasteiger partial charge in [-0.3, -0.25) is 4.79 Å². The van der Waals surface area contributed by atoms with Gasteiger partial charge < -0.3 is 9.80 Å². The summed E-state index contributed by atoms with van der Waals surface area (Å²) in [6.45, 7) is 4.25. The number of benzene rings is 1. The highest BCUT2D eigenvalue weighted by Crippen LogP contribution is 2.26. The smallest absolute Gasteiger partial charge is 0.240 e. The minimum atomic E-state index is -0.524. The van der Waals surface area contributed by atoms with Gasteiger partial charge >= 0.3 is 0 Å². The standard InChI is InChI=1S/C16H21N3O/c1-3-13(11-17)16(20)19-10-9-18(2)12-15(19)14-7-5-4-6-8-14/h4-8,13,15H,3,9-10,12H2,1-2H3. The molecule has 1 aliphatic heterocycles. The van der Waals surface area contributed by atoms with E-state index >= 15 is 0 Å². The molecular formula is C16H21N3O. The van der Waals surface area contributed by atoms with Gasteiger partial charge in [-0.25, -0.2) is 0 Å². The number of rotatable bonds is 3. The van der Waals surface area contributed by atoms with E-state index in [4.69, 9.17) is 5.26 Å². The maximum atomic E-state index is 12.5. The van der Waals surface area contributed by atoms with Crippen LogP contribution in [0.4, 0.5) is 0 Å². The third kappa shape index (κ3) is 3.00. The minimum Gasteiger partial charge on any atom is -0.332 e. The summed E-state index contributed by atoms with van der Waals surface area (Å²) in [7, 11) is 2.07. The molecule has 2 atom stereocenters. The van der Waals surface area contributed by atoms with Gasteiger partial charge in [-0.2, -0.15) is 5.26 Å². The monoisotopic (exact) mass is 271 g/mol. The normalized spacial score (nSPS) is 21.2. The van der Waals surface area contributed by atoms with Gasteiger partial charge in [-0.1, -0.05) is 37.3 Å². The second kappa shape index (κ2) is 6.53. The summed E-state index contributed by atoms with van der Waals surface area (Å²) in [4.78, 5) is 16.6. The van der Waals surface area contributed by atoms with Crippen LogP contribution in [0, 0.1) is 17.2 Å². The van der Waals surface area contributed by atoms with E-state index in [2.05, 4.69) is 30.1 Å². The van der Waals surface area contributed by atoms with Crippen molar-refractivity contribution in [3.63, 3.8) is 0 Å². The lowest BCUT2D eigenvalue weighted by Gasteiger charge is -2.41. The molecule has 0 saturated carbocycles. The Labute approximate surface area is 120 Å². The van der Waals surface area contributed by atoms with Crippen molar-refractivity contribution in [2.24, 2.45) is 5.92 Å². The average Bonchev–Trinajstić information content (AvgIpc) is 2.49. The van der Waals surface area contributed by atoms with Crippen LogP contribution in [0.15, 0.2) is 30.3 Å². The molecule has 2 rings (SSSR count). The van der Waals surface area contributed by atoms with Gasteiger partial charge in [0.05, 0.1) is 12.1 Å². The van der Waals surface area contributed by atoms with Gasteiger partial charge in [0.15, 0.2) is 0 Å². The molecule has 4 nitrogen and oxygen atoms in total. The first-order valence-electron chi connectivity index (χ1n) is 7.11. The number of carbonyl (C=O) groups is 1. The van der Waals surface area contributed by atoms with E-state index in [1.54, 1.807) is 0 Å². The molecule has 0 bridgehead atoms. The number of piperazine rings is 1. The fourth-order valence-corrected chi connectivity index (χ4v) is 2.66. The SMILES string of the molecule is CCC(C#N)C(=O)N1CCN(C)CC1c1ccccc1. The number of hydrogen-bond acceptors (Lipinski definition) is 3. The summed E-state index contributed by atoms with van der Waals surface area (Å²) >= 11 is 0. The maximum Gasteiger partial charge on any atom is 0.240 e. The van der Waals surface area contributed by atoms with E-state index in [1.807, 2.05) is 30.0 Å². The van der Waals surface area contributed by atoms with Crippen molar-refractivity contribution < 1.29 is 4.79 Å². The van der Waals surface area contributed by atoms with Gasteiger partial charge in [0.25, 0.3) is 0 Å². The predicted octanol–water partition coefficient (Wildman–Crippen LogP) is 2.05. The largest absolute Gasteiger partial charge is 0.332 e. The number of carbonyl (C=O) groups excluding carboxylic acids is 1. The van der Waals surface area contributed by atoms with Gasteiger partial charge in [-0.15, -0.1) is 0 Å². The summed E-state index contributed by atoms with van der Waals surface area (Å²) < 4.78 is 0. The molecule has 0 spiro atoms. The zero-order chi connectivity index (χ0) is 14.5. The van der Waals surface area contributed by atoms with Crippen LogP contribution >= 0.6 is 0 Å². The van der Waals surface area contributed by atoms with Crippen LogP contribution in [0.5, 0.6) is 0 Å². The third-order valence-corrected chi connectivity index (χ3v) is 3.91. The molecule has 106 valence electrons. The fraction of sp³-hybridized carbons (Fsp3) is 0.500. The van der Waals surface area contributed by atoms with E-state index in [0.29, 0.717) is 13.0 Å². The van der Waals surface area contributed by atoms with E-state index < -0.39 is 5.92 Å². The number of likely N-dealkylation sites (N-methyl/N-ethyl adjacent to an activating group) is 1. The Morgan fingerprint density at radius 3 is 2.70 bits per heavy atom. The molecule has 0 aromatic heterocycles. The van der Waals surface area contributed by atoms with E-state index in [-0.39, 0.29) is 11.9 Å². The number of nitriles is 1. The van der Waals surface area contributed by atoms with Crippen molar-refractivity contribution in [3.8, 4) is 6.07 Å². The molecular weight excluding hydrogens is 250 g/mol. The van der Waals surface area contributed by atoms with E-state index in [0.717, 1.165) is 18.7 Å². The summed E-state index contributed by atoms with van der Waals surface area (Å²) in [6.07, 6.45) is 0.573. The number of nitrogens with zero attached hydrogens (tertiary/aromatic N) is 3. The third-order valence-electron chi connectivity index (χ3n) is 3.91. The zero-order valence-corrected chi connectivity index (χ0v) is 12.1. The van der Waals surface area contributed by atoms with Crippen molar-refractivity contribution in [1.82, 2.24) is 9.80 Å². The van der Waals surface area contributed by atoms with Gasteiger partial charge in [0, 0.05) is 19.6 Å². The molecule has 0 N–H and O–H groups in total. The summed E-state index contributed by atoms with van der Waals surface area (Å²) in [5.74, 6) is -0.554. The van der Waals surface area contributed by atoms with Crippen molar-refractivity contribution >= 4 is 5.91 Å². The summed E-state index contributed by atoms with van der Waals surface area (Å²) in [5.41, 5.74) is 1.14. The Morgan fingerprint density at radius 2 is 2.10 bits per heavy atom. The van der Waals surface area contributed by atoms with Gasteiger partial charge in [-0.05, 0) is 19.0 Å². The molecule has 1 fully saturated rings. The van der Waals surface area contributed by atoms with Crippen LogP contribution in [-0.2, 0) is 4.79 Å². The highest BCUT2D eigenvalue weighted by Gasteiger charge is 2.33. The topological polar surface area (TPSA) is 47.3 Å². The molecule has 1 saturated heterocycles. The second-order valence-corrected chi connectivity index (χ2v) is 5.31. The quantitative estimate of drug-likeness (QED) is 0.845. The van der Waals surface area contributed by atoms with Crippen molar-refractivity contribution in [1.29, 1.82) is 5.26 Å². The van der Waals surface area contributed by atoms with Crippen molar-refractivity contribution in [2.75, 3.05) is 26.7 Å². The van der Waals surface area contributed by atoms with Crippen LogP contribution < -0.4 is 0 Å². The fourth-order valence-electron chi connectivity index (χ4n) is 2.66. The van der Waals surface area contributed by atoms with Crippen LogP contribution in [0.3, 0.4) is 0 Å². The Bertz CT molecular complexity index is 494.